The highest BCUT2D eigenvalue weighted by Crippen LogP contribution is 2.36. The number of phenolic OH excluding ortho intramolecular Hbond substituents is 3. The second-order valence-electron chi connectivity index (χ2n) is 10.6. The van der Waals surface area contributed by atoms with Crippen LogP contribution in [0.5, 0.6) is 23.0 Å². The highest BCUT2D eigenvalue weighted by atomic mass is 16.3. The number of aromatic hydroxyl groups is 4. The van der Waals surface area contributed by atoms with Crippen LogP contribution in [0, 0.1) is 0 Å². The summed E-state index contributed by atoms with van der Waals surface area (Å²) in [6.45, 7) is 2.26. The van der Waals surface area contributed by atoms with Gasteiger partial charge in [-0.2, -0.15) is 0 Å². The van der Waals surface area contributed by atoms with E-state index in [0.29, 0.717) is 11.1 Å². The average molecular weight is 536 g/mol. The molecule has 0 bridgehead atoms. The van der Waals surface area contributed by atoms with Crippen molar-refractivity contribution in [3.05, 3.63) is 52.7 Å². The Kier molecular flexibility index (Phi) is 12.3. The molecule has 0 unspecified atom stereocenters. The maximum absolute atomic E-state index is 12.9. The van der Waals surface area contributed by atoms with E-state index in [1.165, 1.54) is 113 Å². The molecule has 0 fully saturated rings. The summed E-state index contributed by atoms with van der Waals surface area (Å²) in [5.74, 6) is -1.10. The van der Waals surface area contributed by atoms with E-state index in [2.05, 4.69) is 6.92 Å². The van der Waals surface area contributed by atoms with Crippen LogP contribution in [-0.4, -0.2) is 25.0 Å². The zero-order chi connectivity index (χ0) is 28.0. The van der Waals surface area contributed by atoms with Gasteiger partial charge >= 0.3 is 0 Å². The van der Waals surface area contributed by atoms with Crippen molar-refractivity contribution < 1.29 is 20.4 Å². The molecule has 0 aliphatic heterocycles. The van der Waals surface area contributed by atoms with Crippen molar-refractivity contribution in [2.45, 2.75) is 103 Å². The van der Waals surface area contributed by atoms with E-state index in [4.69, 9.17) is 0 Å². The van der Waals surface area contributed by atoms with E-state index in [9.17, 15) is 25.2 Å². The summed E-state index contributed by atoms with van der Waals surface area (Å²) < 4.78 is 1.65. The molecule has 3 rings (SSSR count). The summed E-state index contributed by atoms with van der Waals surface area (Å²) >= 11 is 0. The van der Waals surface area contributed by atoms with Crippen LogP contribution in [0.1, 0.15) is 103 Å². The predicted molar refractivity (Wildman–Crippen MR) is 161 cm³/mol. The maximum Gasteiger partial charge on any atom is 0.231 e. The molecule has 1 aromatic heterocycles. The van der Waals surface area contributed by atoms with Crippen LogP contribution >= 0.6 is 0 Å². The van der Waals surface area contributed by atoms with E-state index in [0.717, 1.165) is 19.3 Å². The van der Waals surface area contributed by atoms with Crippen LogP contribution in [0.3, 0.4) is 0 Å². The number of benzene rings is 2. The summed E-state index contributed by atoms with van der Waals surface area (Å²) in [7, 11) is 0. The number of fused-ring (bicyclic) bond motifs is 1. The third kappa shape index (κ3) is 8.81. The Morgan fingerprint density at radius 1 is 0.692 bits per heavy atom. The van der Waals surface area contributed by atoms with E-state index < -0.39 is 11.2 Å². The SMILES string of the molecule is CCCCCCCCCCCCCCCCC=Cn1c(-c2ccc(O)c(O)c2)c(O)c(=O)c2ccc(O)cc21. The van der Waals surface area contributed by atoms with Gasteiger partial charge < -0.3 is 25.0 Å². The fraction of sp³-hybridized carbons (Fsp3) is 0.485. The number of nitrogens with zero attached hydrogens (tertiary/aromatic N) is 1. The maximum atomic E-state index is 12.9. The van der Waals surface area contributed by atoms with Crippen LogP contribution in [0.4, 0.5) is 0 Å². The summed E-state index contributed by atoms with van der Waals surface area (Å²) in [5, 5.41) is 40.9. The van der Waals surface area contributed by atoms with Gasteiger partial charge in [0.05, 0.1) is 16.6 Å². The molecule has 6 heteroatoms. The first-order chi connectivity index (χ1) is 18.9. The molecule has 0 amide bonds. The molecule has 1 heterocycles. The Morgan fingerprint density at radius 3 is 1.87 bits per heavy atom. The van der Waals surface area contributed by atoms with Crippen molar-refractivity contribution in [2.24, 2.45) is 0 Å². The number of rotatable bonds is 17. The first kappa shape index (κ1) is 30.1. The Hall–Kier alpha value is -3.41. The number of hydrogen-bond acceptors (Lipinski definition) is 5. The van der Waals surface area contributed by atoms with E-state index >= 15 is 0 Å². The minimum atomic E-state index is -0.566. The summed E-state index contributed by atoms with van der Waals surface area (Å²) in [4.78, 5) is 12.9. The summed E-state index contributed by atoms with van der Waals surface area (Å²) in [5.41, 5.74) is 0.429. The smallest absolute Gasteiger partial charge is 0.231 e. The quantitative estimate of drug-likeness (QED) is 0.102. The summed E-state index contributed by atoms with van der Waals surface area (Å²) in [6.07, 6.45) is 22.9. The number of aromatic nitrogens is 1. The molecule has 0 radical (unpaired) electrons. The molecule has 0 spiro atoms. The zero-order valence-electron chi connectivity index (χ0n) is 23.4. The second-order valence-corrected chi connectivity index (χ2v) is 10.6. The molecular weight excluding hydrogens is 490 g/mol. The fourth-order valence-electron chi connectivity index (χ4n) is 5.12. The van der Waals surface area contributed by atoms with Crippen LogP contribution in [-0.2, 0) is 0 Å². The van der Waals surface area contributed by atoms with Gasteiger partial charge in [0, 0.05) is 17.8 Å². The monoisotopic (exact) mass is 535 g/mol. The number of unbranched alkanes of at least 4 members (excludes halogenated alkanes) is 14. The molecular formula is C33H45NO5. The fourth-order valence-corrected chi connectivity index (χ4v) is 5.12. The molecule has 212 valence electrons. The minimum absolute atomic E-state index is 0.00113. The molecule has 0 aliphatic rings. The van der Waals surface area contributed by atoms with E-state index in [-0.39, 0.29) is 28.3 Å². The molecule has 39 heavy (non-hydrogen) atoms. The van der Waals surface area contributed by atoms with E-state index in [1.54, 1.807) is 10.8 Å². The number of allylic oxidation sites excluding steroid dienone is 1. The van der Waals surface area contributed by atoms with Crippen LogP contribution in [0.25, 0.3) is 28.4 Å². The van der Waals surface area contributed by atoms with Crippen molar-refractivity contribution in [1.29, 1.82) is 0 Å². The van der Waals surface area contributed by atoms with Gasteiger partial charge in [-0.1, -0.05) is 96.5 Å². The van der Waals surface area contributed by atoms with Gasteiger partial charge in [-0.25, -0.2) is 0 Å². The van der Waals surface area contributed by atoms with Crippen molar-refractivity contribution in [1.82, 2.24) is 4.57 Å². The van der Waals surface area contributed by atoms with Gasteiger partial charge in [0.15, 0.2) is 17.2 Å². The highest BCUT2D eigenvalue weighted by molar-refractivity contribution is 5.89. The molecule has 0 aliphatic carbocycles. The van der Waals surface area contributed by atoms with Gasteiger partial charge in [-0.15, -0.1) is 0 Å². The number of hydrogen-bond donors (Lipinski definition) is 4. The summed E-state index contributed by atoms with van der Waals surface area (Å²) in [6, 6.07) is 8.52. The van der Waals surface area contributed by atoms with Gasteiger partial charge in [-0.05, 0) is 43.2 Å². The standard InChI is InChI=1S/C33H45NO5/c1-2-3-4-5-6-7-8-9-10-11-12-13-14-15-16-17-22-34-28-24-26(35)19-20-27(28)32(38)33(39)31(34)25-18-21-29(36)30(37)23-25/h17-24,35-37,39H,2-16H2,1H3. The first-order valence-electron chi connectivity index (χ1n) is 14.7. The second kappa shape index (κ2) is 15.9. The molecule has 6 nitrogen and oxygen atoms in total. The molecule has 0 atom stereocenters. The number of pyridine rings is 1. The highest BCUT2D eigenvalue weighted by Gasteiger charge is 2.18. The van der Waals surface area contributed by atoms with Crippen LogP contribution in [0.15, 0.2) is 47.3 Å². The first-order valence-corrected chi connectivity index (χ1v) is 14.7. The third-order valence-corrected chi connectivity index (χ3v) is 7.39. The molecule has 2 aromatic carbocycles. The largest absolute Gasteiger partial charge is 0.508 e. The lowest BCUT2D eigenvalue weighted by atomic mass is 10.0. The molecule has 0 saturated carbocycles. The Bertz CT molecular complexity index is 1280. The lowest BCUT2D eigenvalue weighted by Gasteiger charge is -2.16. The molecule has 4 N–H and O–H groups in total. The topological polar surface area (TPSA) is 103 Å². The Morgan fingerprint density at radius 2 is 1.28 bits per heavy atom. The average Bonchev–Trinajstić information content (AvgIpc) is 2.92. The van der Waals surface area contributed by atoms with Gasteiger partial charge in [-0.3, -0.25) is 4.79 Å². The van der Waals surface area contributed by atoms with Crippen molar-refractivity contribution in [2.75, 3.05) is 0 Å². The van der Waals surface area contributed by atoms with Gasteiger partial charge in [0.2, 0.25) is 5.43 Å². The van der Waals surface area contributed by atoms with Crippen LogP contribution < -0.4 is 5.43 Å². The molecule has 3 aromatic rings. The zero-order valence-corrected chi connectivity index (χ0v) is 23.4. The van der Waals surface area contributed by atoms with Crippen molar-refractivity contribution in [3.63, 3.8) is 0 Å². The van der Waals surface area contributed by atoms with Crippen molar-refractivity contribution >= 4 is 17.1 Å². The lowest BCUT2D eigenvalue weighted by Crippen LogP contribution is -2.10. The lowest BCUT2D eigenvalue weighted by molar-refractivity contribution is 0.404. The number of phenols is 3. The molecule has 0 saturated heterocycles. The van der Waals surface area contributed by atoms with Crippen LogP contribution in [0.2, 0.25) is 0 Å². The minimum Gasteiger partial charge on any atom is -0.508 e. The van der Waals surface area contributed by atoms with Crippen molar-refractivity contribution in [3.8, 4) is 34.3 Å². The van der Waals surface area contributed by atoms with E-state index in [1.807, 2.05) is 6.08 Å². The van der Waals surface area contributed by atoms with Gasteiger partial charge in [0.1, 0.15) is 5.75 Å². The normalized spacial score (nSPS) is 11.6. The Balaban J connectivity index is 1.54. The Labute approximate surface area is 232 Å². The van der Waals surface area contributed by atoms with Gasteiger partial charge in [0.25, 0.3) is 0 Å². The predicted octanol–water partition coefficient (Wildman–Crippen LogP) is 8.83. The third-order valence-electron chi connectivity index (χ3n) is 7.39.